The molecule has 2 heterocycles. The van der Waals surface area contributed by atoms with Gasteiger partial charge < -0.3 is 10.0 Å². The zero-order valence-electron chi connectivity index (χ0n) is 12.4. The molecule has 1 atom stereocenters. The molecule has 0 spiro atoms. The summed E-state index contributed by atoms with van der Waals surface area (Å²) in [5.74, 6) is 0. The first-order chi connectivity index (χ1) is 10.1. The standard InChI is InChI=1S/C16H20ClN3O/c1-3-12-16(17)14(19(2)18-12)10-20-9-8-15(21)11-6-4-5-7-13(11)20/h4-7,15,21H,3,8-10H2,1-2H3. The number of aryl methyl sites for hydroxylation is 2. The van der Waals surface area contributed by atoms with E-state index in [1.807, 2.05) is 29.9 Å². The lowest BCUT2D eigenvalue weighted by molar-refractivity contribution is 0.164. The lowest BCUT2D eigenvalue weighted by Crippen LogP contribution is -2.31. The van der Waals surface area contributed by atoms with Crippen LogP contribution in [0.4, 0.5) is 5.69 Å². The van der Waals surface area contributed by atoms with Gasteiger partial charge in [0.25, 0.3) is 0 Å². The van der Waals surface area contributed by atoms with Gasteiger partial charge in [-0.25, -0.2) is 0 Å². The fraction of sp³-hybridized carbons (Fsp3) is 0.438. The maximum atomic E-state index is 10.1. The van der Waals surface area contributed by atoms with Gasteiger partial charge in [0, 0.05) is 24.8 Å². The van der Waals surface area contributed by atoms with E-state index in [1.54, 1.807) is 0 Å². The molecule has 1 aliphatic rings. The average molecular weight is 306 g/mol. The van der Waals surface area contributed by atoms with Crippen LogP contribution >= 0.6 is 11.6 Å². The molecule has 0 saturated carbocycles. The maximum Gasteiger partial charge on any atom is 0.0868 e. The average Bonchev–Trinajstić information content (AvgIpc) is 2.77. The van der Waals surface area contributed by atoms with Crippen LogP contribution in [0.5, 0.6) is 0 Å². The van der Waals surface area contributed by atoms with Gasteiger partial charge in [-0.1, -0.05) is 36.7 Å². The van der Waals surface area contributed by atoms with Gasteiger partial charge in [-0.05, 0) is 18.9 Å². The second kappa shape index (κ2) is 5.70. The molecule has 21 heavy (non-hydrogen) atoms. The topological polar surface area (TPSA) is 41.3 Å². The third kappa shape index (κ3) is 2.54. The Labute approximate surface area is 130 Å². The van der Waals surface area contributed by atoms with Gasteiger partial charge in [-0.15, -0.1) is 0 Å². The smallest absolute Gasteiger partial charge is 0.0868 e. The summed E-state index contributed by atoms with van der Waals surface area (Å²) < 4.78 is 1.87. The number of rotatable bonds is 3. The minimum atomic E-state index is -0.370. The lowest BCUT2D eigenvalue weighted by atomic mass is 9.99. The van der Waals surface area contributed by atoms with E-state index in [0.29, 0.717) is 6.54 Å². The van der Waals surface area contributed by atoms with Crippen molar-refractivity contribution in [2.75, 3.05) is 11.4 Å². The number of para-hydroxylation sites is 1. The van der Waals surface area contributed by atoms with E-state index in [4.69, 9.17) is 11.6 Å². The van der Waals surface area contributed by atoms with Gasteiger partial charge in [0.05, 0.1) is 29.1 Å². The quantitative estimate of drug-likeness (QED) is 0.947. The van der Waals surface area contributed by atoms with Gasteiger partial charge in [-0.2, -0.15) is 5.10 Å². The Balaban J connectivity index is 1.93. The predicted molar refractivity (Wildman–Crippen MR) is 84.7 cm³/mol. The second-order valence-corrected chi connectivity index (χ2v) is 5.85. The highest BCUT2D eigenvalue weighted by Crippen LogP contribution is 2.35. The highest BCUT2D eigenvalue weighted by Gasteiger charge is 2.25. The first-order valence-corrected chi connectivity index (χ1v) is 7.71. The molecule has 0 saturated heterocycles. The molecular formula is C16H20ClN3O. The van der Waals surface area contributed by atoms with Crippen LogP contribution < -0.4 is 4.90 Å². The first-order valence-electron chi connectivity index (χ1n) is 7.34. The Kier molecular flexibility index (Phi) is 3.91. The van der Waals surface area contributed by atoms with Crippen LogP contribution in [-0.2, 0) is 20.0 Å². The zero-order chi connectivity index (χ0) is 15.0. The van der Waals surface area contributed by atoms with E-state index in [-0.39, 0.29) is 6.10 Å². The molecule has 5 heteroatoms. The Bertz CT molecular complexity index is 653. The largest absolute Gasteiger partial charge is 0.388 e. The monoisotopic (exact) mass is 305 g/mol. The molecule has 0 aliphatic carbocycles. The number of nitrogens with zero attached hydrogens (tertiary/aromatic N) is 3. The van der Waals surface area contributed by atoms with E-state index >= 15 is 0 Å². The zero-order valence-corrected chi connectivity index (χ0v) is 13.1. The molecule has 3 rings (SSSR count). The normalized spacial score (nSPS) is 17.9. The molecule has 1 aromatic carbocycles. The van der Waals surface area contributed by atoms with Crippen molar-refractivity contribution in [2.24, 2.45) is 7.05 Å². The summed E-state index contributed by atoms with van der Waals surface area (Å²) in [6, 6.07) is 8.03. The van der Waals surface area contributed by atoms with E-state index in [2.05, 4.69) is 23.0 Å². The van der Waals surface area contributed by atoms with Crippen LogP contribution in [0.25, 0.3) is 0 Å². The van der Waals surface area contributed by atoms with E-state index in [0.717, 1.165) is 47.0 Å². The molecule has 112 valence electrons. The summed E-state index contributed by atoms with van der Waals surface area (Å²) in [4.78, 5) is 2.27. The van der Waals surface area contributed by atoms with Crippen molar-refractivity contribution in [1.82, 2.24) is 9.78 Å². The van der Waals surface area contributed by atoms with Crippen molar-refractivity contribution in [3.63, 3.8) is 0 Å². The van der Waals surface area contributed by atoms with Gasteiger partial charge >= 0.3 is 0 Å². The van der Waals surface area contributed by atoms with Crippen molar-refractivity contribution in [3.8, 4) is 0 Å². The Hall–Kier alpha value is -1.52. The number of aliphatic hydroxyl groups is 1. The van der Waals surface area contributed by atoms with Gasteiger partial charge in [0.2, 0.25) is 0 Å². The number of halogens is 1. The first kappa shape index (κ1) is 14.4. The molecule has 1 aliphatic heterocycles. The fourth-order valence-corrected chi connectivity index (χ4v) is 3.30. The highest BCUT2D eigenvalue weighted by molar-refractivity contribution is 6.31. The molecule has 4 nitrogen and oxygen atoms in total. The third-order valence-corrected chi connectivity index (χ3v) is 4.59. The summed E-state index contributed by atoms with van der Waals surface area (Å²) in [5.41, 5.74) is 4.06. The molecule has 0 radical (unpaired) electrons. The van der Waals surface area contributed by atoms with Gasteiger partial charge in [-0.3, -0.25) is 4.68 Å². The summed E-state index contributed by atoms with van der Waals surface area (Å²) in [7, 11) is 1.94. The fourth-order valence-electron chi connectivity index (χ4n) is 2.95. The van der Waals surface area contributed by atoms with Gasteiger partial charge in [0.1, 0.15) is 0 Å². The van der Waals surface area contributed by atoms with Gasteiger partial charge in [0.15, 0.2) is 0 Å². The molecular weight excluding hydrogens is 286 g/mol. The Morgan fingerprint density at radius 2 is 2.14 bits per heavy atom. The molecule has 1 N–H and O–H groups in total. The predicted octanol–water partition coefficient (Wildman–Crippen LogP) is 3.08. The number of benzene rings is 1. The number of hydrogen-bond donors (Lipinski definition) is 1. The van der Waals surface area contributed by atoms with Crippen molar-refractivity contribution in [2.45, 2.75) is 32.4 Å². The van der Waals surface area contributed by atoms with Crippen LogP contribution in [0, 0.1) is 0 Å². The van der Waals surface area contributed by atoms with E-state index in [9.17, 15) is 5.11 Å². The van der Waals surface area contributed by atoms with Crippen molar-refractivity contribution in [3.05, 3.63) is 46.2 Å². The number of aromatic nitrogens is 2. The minimum Gasteiger partial charge on any atom is -0.388 e. The molecule has 0 fully saturated rings. The Morgan fingerprint density at radius 3 is 2.86 bits per heavy atom. The summed E-state index contributed by atoms with van der Waals surface area (Å²) in [6.07, 6.45) is 1.21. The van der Waals surface area contributed by atoms with Crippen molar-refractivity contribution >= 4 is 17.3 Å². The third-order valence-electron chi connectivity index (χ3n) is 4.15. The maximum absolute atomic E-state index is 10.1. The second-order valence-electron chi connectivity index (χ2n) is 5.47. The number of fused-ring (bicyclic) bond motifs is 1. The highest BCUT2D eigenvalue weighted by atomic mass is 35.5. The van der Waals surface area contributed by atoms with Crippen LogP contribution in [-0.4, -0.2) is 21.4 Å². The van der Waals surface area contributed by atoms with Crippen molar-refractivity contribution in [1.29, 1.82) is 0 Å². The summed E-state index contributed by atoms with van der Waals surface area (Å²) in [6.45, 7) is 3.60. The summed E-state index contributed by atoms with van der Waals surface area (Å²) >= 11 is 6.45. The van der Waals surface area contributed by atoms with E-state index in [1.165, 1.54) is 0 Å². The molecule has 0 bridgehead atoms. The van der Waals surface area contributed by atoms with Crippen LogP contribution in [0.1, 0.15) is 36.4 Å². The number of hydrogen-bond acceptors (Lipinski definition) is 3. The molecule has 1 unspecified atom stereocenters. The number of anilines is 1. The Morgan fingerprint density at radius 1 is 1.38 bits per heavy atom. The lowest BCUT2D eigenvalue weighted by Gasteiger charge is -2.33. The van der Waals surface area contributed by atoms with Crippen LogP contribution in [0.15, 0.2) is 24.3 Å². The molecule has 0 amide bonds. The minimum absolute atomic E-state index is 0.370. The number of aliphatic hydroxyl groups excluding tert-OH is 1. The van der Waals surface area contributed by atoms with E-state index < -0.39 is 0 Å². The van der Waals surface area contributed by atoms with Crippen LogP contribution in [0.2, 0.25) is 5.02 Å². The molecule has 2 aromatic rings. The molecule has 1 aromatic heterocycles. The van der Waals surface area contributed by atoms with Crippen molar-refractivity contribution < 1.29 is 5.11 Å². The SMILES string of the molecule is CCc1nn(C)c(CN2CCC(O)c3ccccc32)c1Cl. The van der Waals surface area contributed by atoms with Crippen LogP contribution in [0.3, 0.4) is 0 Å². The summed E-state index contributed by atoms with van der Waals surface area (Å²) in [5, 5.41) is 15.4.